The van der Waals surface area contributed by atoms with Crippen LogP contribution in [0.25, 0.3) is 0 Å². The largest absolute Gasteiger partial charge is 0.482 e. The summed E-state index contributed by atoms with van der Waals surface area (Å²) in [6.45, 7) is 8.44. The van der Waals surface area contributed by atoms with E-state index >= 15 is 0 Å². The van der Waals surface area contributed by atoms with Gasteiger partial charge in [0.15, 0.2) is 0 Å². The molecule has 1 heterocycles. The molecule has 0 bridgehead atoms. The number of hydrogen-bond donors (Lipinski definition) is 0. The molecule has 0 aromatic heterocycles. The highest BCUT2D eigenvalue weighted by atomic mass is 16.5. The minimum Gasteiger partial charge on any atom is -0.482 e. The van der Waals surface area contributed by atoms with Crippen molar-refractivity contribution in [1.29, 1.82) is 0 Å². The zero-order chi connectivity index (χ0) is 8.93. The summed E-state index contributed by atoms with van der Waals surface area (Å²) in [5.74, 6) is 1.09. The van der Waals surface area contributed by atoms with Crippen LogP contribution >= 0.6 is 0 Å². The Bertz CT molecular complexity index is 337. The molecule has 12 heavy (non-hydrogen) atoms. The molecule has 1 aromatic carbocycles. The molecule has 1 aliphatic heterocycles. The van der Waals surface area contributed by atoms with Crippen LogP contribution in [0.1, 0.15) is 30.5 Å². The van der Waals surface area contributed by atoms with Gasteiger partial charge in [0.25, 0.3) is 0 Å². The van der Waals surface area contributed by atoms with Gasteiger partial charge >= 0.3 is 0 Å². The second kappa shape index (κ2) is 2.03. The molecule has 0 spiro atoms. The highest BCUT2D eigenvalue weighted by molar-refractivity contribution is 5.52. The number of benzene rings is 1. The van der Waals surface area contributed by atoms with Crippen molar-refractivity contribution in [2.75, 3.05) is 0 Å². The SMILES string of the molecule is Cc1cc(C)c2c(c1)C(C)(C)O2. The molecular formula is C11H14O. The molecule has 0 saturated carbocycles. The van der Waals surface area contributed by atoms with E-state index in [-0.39, 0.29) is 5.60 Å². The summed E-state index contributed by atoms with van der Waals surface area (Å²) < 4.78 is 5.66. The molecule has 0 fully saturated rings. The van der Waals surface area contributed by atoms with Crippen molar-refractivity contribution in [3.63, 3.8) is 0 Å². The number of hydrogen-bond acceptors (Lipinski definition) is 1. The Morgan fingerprint density at radius 3 is 2.42 bits per heavy atom. The smallest absolute Gasteiger partial charge is 0.132 e. The molecule has 1 nitrogen and oxygen atoms in total. The molecule has 1 heteroatoms. The van der Waals surface area contributed by atoms with Gasteiger partial charge in [-0.2, -0.15) is 0 Å². The summed E-state index contributed by atoms with van der Waals surface area (Å²) in [4.78, 5) is 0. The average Bonchev–Trinajstić information content (AvgIpc) is 1.94. The third kappa shape index (κ3) is 0.857. The molecule has 0 aliphatic carbocycles. The fourth-order valence-electron chi connectivity index (χ4n) is 1.80. The minimum absolute atomic E-state index is 0.0634. The zero-order valence-electron chi connectivity index (χ0n) is 8.06. The zero-order valence-corrected chi connectivity index (χ0v) is 8.06. The van der Waals surface area contributed by atoms with Gasteiger partial charge in [-0.1, -0.05) is 11.6 Å². The number of aryl methyl sites for hydroxylation is 2. The van der Waals surface area contributed by atoms with E-state index in [9.17, 15) is 0 Å². The van der Waals surface area contributed by atoms with Gasteiger partial charge in [0, 0.05) is 5.56 Å². The lowest BCUT2D eigenvalue weighted by atomic mass is 9.88. The van der Waals surface area contributed by atoms with Crippen LogP contribution in [0.2, 0.25) is 0 Å². The van der Waals surface area contributed by atoms with Gasteiger partial charge in [-0.25, -0.2) is 0 Å². The van der Waals surface area contributed by atoms with Crippen LogP contribution in [0.3, 0.4) is 0 Å². The molecular weight excluding hydrogens is 148 g/mol. The normalized spacial score (nSPS) is 17.7. The first-order valence-corrected chi connectivity index (χ1v) is 4.31. The first-order chi connectivity index (χ1) is 5.50. The van der Waals surface area contributed by atoms with E-state index in [1.54, 1.807) is 0 Å². The van der Waals surface area contributed by atoms with Crippen molar-refractivity contribution in [2.24, 2.45) is 0 Å². The molecule has 0 unspecified atom stereocenters. The predicted octanol–water partition coefficient (Wildman–Crippen LogP) is 2.93. The van der Waals surface area contributed by atoms with E-state index in [0.717, 1.165) is 5.75 Å². The summed E-state index contributed by atoms with van der Waals surface area (Å²) in [6.07, 6.45) is 0. The fraction of sp³-hybridized carbons (Fsp3) is 0.455. The first kappa shape index (κ1) is 7.66. The van der Waals surface area contributed by atoms with Crippen LogP contribution in [0.15, 0.2) is 12.1 Å². The summed E-state index contributed by atoms with van der Waals surface area (Å²) in [5.41, 5.74) is 3.86. The second-order valence-corrected chi connectivity index (χ2v) is 4.07. The van der Waals surface area contributed by atoms with Gasteiger partial charge in [-0.15, -0.1) is 0 Å². The van der Waals surface area contributed by atoms with Crippen LogP contribution < -0.4 is 4.74 Å². The second-order valence-electron chi connectivity index (χ2n) is 4.07. The predicted molar refractivity (Wildman–Crippen MR) is 49.6 cm³/mol. The Morgan fingerprint density at radius 2 is 1.83 bits per heavy atom. The monoisotopic (exact) mass is 162 g/mol. The Kier molecular flexibility index (Phi) is 1.30. The summed E-state index contributed by atoms with van der Waals surface area (Å²) in [6, 6.07) is 4.37. The third-order valence-electron chi connectivity index (χ3n) is 2.42. The van der Waals surface area contributed by atoms with Crippen molar-refractivity contribution in [3.8, 4) is 5.75 Å². The Labute approximate surface area is 73.4 Å². The van der Waals surface area contributed by atoms with Gasteiger partial charge < -0.3 is 4.74 Å². The number of fused-ring (bicyclic) bond motifs is 1. The van der Waals surface area contributed by atoms with Crippen molar-refractivity contribution in [2.45, 2.75) is 33.3 Å². The van der Waals surface area contributed by atoms with Gasteiger partial charge in [-0.05, 0) is 39.3 Å². The highest BCUT2D eigenvalue weighted by Crippen LogP contribution is 2.45. The van der Waals surface area contributed by atoms with Crippen molar-refractivity contribution in [3.05, 3.63) is 28.8 Å². The lowest BCUT2D eigenvalue weighted by Gasteiger charge is -2.40. The molecule has 2 rings (SSSR count). The van der Waals surface area contributed by atoms with Gasteiger partial charge in [-0.3, -0.25) is 0 Å². The molecule has 64 valence electrons. The summed E-state index contributed by atoms with van der Waals surface area (Å²) in [7, 11) is 0. The summed E-state index contributed by atoms with van der Waals surface area (Å²) >= 11 is 0. The lowest BCUT2D eigenvalue weighted by Crippen LogP contribution is -2.35. The van der Waals surface area contributed by atoms with E-state index < -0.39 is 0 Å². The average molecular weight is 162 g/mol. The maximum absolute atomic E-state index is 5.66. The summed E-state index contributed by atoms with van der Waals surface area (Å²) in [5, 5.41) is 0. The van der Waals surface area contributed by atoms with Crippen LogP contribution in [0.4, 0.5) is 0 Å². The molecule has 0 atom stereocenters. The van der Waals surface area contributed by atoms with Gasteiger partial charge in [0.1, 0.15) is 11.4 Å². The van der Waals surface area contributed by atoms with E-state index in [0.29, 0.717) is 0 Å². The maximum atomic E-state index is 5.66. The number of ether oxygens (including phenoxy) is 1. The first-order valence-electron chi connectivity index (χ1n) is 4.31. The fourth-order valence-corrected chi connectivity index (χ4v) is 1.80. The topological polar surface area (TPSA) is 9.23 Å². The van der Waals surface area contributed by atoms with Gasteiger partial charge in [0.05, 0.1) is 0 Å². The van der Waals surface area contributed by atoms with Crippen molar-refractivity contribution < 1.29 is 4.74 Å². The van der Waals surface area contributed by atoms with Crippen LogP contribution in [0, 0.1) is 13.8 Å². The lowest BCUT2D eigenvalue weighted by molar-refractivity contribution is 0.0504. The minimum atomic E-state index is -0.0634. The Morgan fingerprint density at radius 1 is 1.17 bits per heavy atom. The van der Waals surface area contributed by atoms with Gasteiger partial charge in [0.2, 0.25) is 0 Å². The van der Waals surface area contributed by atoms with Crippen molar-refractivity contribution in [1.82, 2.24) is 0 Å². The Hall–Kier alpha value is -0.980. The van der Waals surface area contributed by atoms with E-state index in [2.05, 4.69) is 39.8 Å². The highest BCUT2D eigenvalue weighted by Gasteiger charge is 2.37. The molecule has 0 N–H and O–H groups in total. The van der Waals surface area contributed by atoms with Crippen LogP contribution in [-0.4, -0.2) is 0 Å². The maximum Gasteiger partial charge on any atom is 0.132 e. The standard InChI is InChI=1S/C11H14O/c1-7-5-8(2)10-9(6-7)11(3,4)12-10/h5-6H,1-4H3. The van der Waals surface area contributed by atoms with E-state index in [1.165, 1.54) is 16.7 Å². The Balaban J connectivity index is 2.60. The van der Waals surface area contributed by atoms with Crippen LogP contribution in [0.5, 0.6) is 5.75 Å². The molecule has 0 saturated heterocycles. The van der Waals surface area contributed by atoms with E-state index in [4.69, 9.17) is 4.74 Å². The quantitative estimate of drug-likeness (QED) is 0.570. The third-order valence-corrected chi connectivity index (χ3v) is 2.42. The molecule has 1 aromatic rings. The molecule has 1 aliphatic rings. The van der Waals surface area contributed by atoms with E-state index in [1.807, 2.05) is 0 Å². The number of rotatable bonds is 0. The molecule has 0 radical (unpaired) electrons. The molecule has 0 amide bonds. The van der Waals surface area contributed by atoms with Crippen LogP contribution in [-0.2, 0) is 5.60 Å². The van der Waals surface area contributed by atoms with Crippen molar-refractivity contribution >= 4 is 0 Å².